The number of rotatable bonds is 4. The van der Waals surface area contributed by atoms with E-state index in [9.17, 15) is 18.3 Å². The minimum Gasteiger partial charge on any atom is -0.506 e. The Bertz CT molecular complexity index is 785. The summed E-state index contributed by atoms with van der Waals surface area (Å²) in [5.74, 6) is -0.565. The van der Waals surface area contributed by atoms with Gasteiger partial charge in [-0.2, -0.15) is 8.42 Å². The van der Waals surface area contributed by atoms with Gasteiger partial charge in [-0.3, -0.25) is 9.52 Å². The van der Waals surface area contributed by atoms with Crippen molar-refractivity contribution in [3.8, 4) is 5.75 Å². The first kappa shape index (κ1) is 15.2. The van der Waals surface area contributed by atoms with Crippen LogP contribution in [0.2, 0.25) is 0 Å². The van der Waals surface area contributed by atoms with Gasteiger partial charge >= 0.3 is 0 Å². The first-order valence-electron chi connectivity index (χ1n) is 5.71. The molecule has 0 radical (unpaired) electrons. The van der Waals surface area contributed by atoms with Gasteiger partial charge in [-0.05, 0) is 24.6 Å². The maximum Gasteiger partial charge on any atom is 0.291 e. The van der Waals surface area contributed by atoms with Crippen LogP contribution >= 0.6 is 11.3 Å². The van der Waals surface area contributed by atoms with Gasteiger partial charge < -0.3 is 10.4 Å². The second kappa shape index (κ2) is 5.66. The van der Waals surface area contributed by atoms with E-state index in [-0.39, 0.29) is 26.8 Å². The maximum absolute atomic E-state index is 12.1. The Hall–Kier alpha value is -2.20. The summed E-state index contributed by atoms with van der Waals surface area (Å²) < 4.78 is 26.1. The summed E-state index contributed by atoms with van der Waals surface area (Å²) in [5.41, 5.74) is 0.830. The fourth-order valence-corrected chi connectivity index (χ4v) is 3.46. The summed E-state index contributed by atoms with van der Waals surface area (Å²) in [6.45, 7) is 3.04. The predicted molar refractivity (Wildman–Crippen MR) is 77.9 cm³/mol. The van der Waals surface area contributed by atoms with Crippen LogP contribution < -0.4 is 10.0 Å². The van der Waals surface area contributed by atoms with Gasteiger partial charge in [-0.1, -0.05) is 17.4 Å². The summed E-state index contributed by atoms with van der Waals surface area (Å²) in [6.07, 6.45) is 0. The zero-order chi connectivity index (χ0) is 15.6. The largest absolute Gasteiger partial charge is 0.506 e. The smallest absolute Gasteiger partial charge is 0.291 e. The first-order valence-corrected chi connectivity index (χ1v) is 8.01. The average Bonchev–Trinajstić information content (AvgIpc) is 2.81. The Morgan fingerprint density at radius 3 is 2.67 bits per heavy atom. The number of anilines is 2. The van der Waals surface area contributed by atoms with Crippen LogP contribution in [-0.2, 0) is 14.8 Å². The predicted octanol–water partition coefficient (Wildman–Crippen LogP) is 1.31. The highest BCUT2D eigenvalue weighted by molar-refractivity contribution is 7.94. The van der Waals surface area contributed by atoms with Gasteiger partial charge in [0.1, 0.15) is 5.75 Å². The molecule has 1 heterocycles. The van der Waals surface area contributed by atoms with Gasteiger partial charge in [0.25, 0.3) is 14.4 Å². The summed E-state index contributed by atoms with van der Waals surface area (Å²) in [6, 6.07) is 4.53. The molecule has 0 atom stereocenters. The molecule has 3 N–H and O–H groups in total. The zero-order valence-corrected chi connectivity index (χ0v) is 12.7. The fraction of sp³-hybridized carbons (Fsp3) is 0.182. The molecule has 0 fully saturated rings. The van der Waals surface area contributed by atoms with E-state index < -0.39 is 10.0 Å². The molecule has 2 aromatic rings. The molecule has 0 aliphatic carbocycles. The number of nitrogens with one attached hydrogen (secondary N) is 2. The number of amides is 1. The molecule has 0 unspecified atom stereocenters. The number of aromatic hydroxyl groups is 1. The van der Waals surface area contributed by atoms with E-state index in [4.69, 9.17) is 0 Å². The molecular formula is C11H12N4O4S2. The summed E-state index contributed by atoms with van der Waals surface area (Å²) in [4.78, 5) is 10.9. The molecule has 0 saturated heterocycles. The van der Waals surface area contributed by atoms with Gasteiger partial charge in [0.2, 0.25) is 11.0 Å². The van der Waals surface area contributed by atoms with Crippen LogP contribution in [0.5, 0.6) is 5.75 Å². The lowest BCUT2D eigenvalue weighted by molar-refractivity contribution is -0.114. The number of hydrogen-bond donors (Lipinski definition) is 3. The van der Waals surface area contributed by atoms with Crippen molar-refractivity contribution in [3.05, 3.63) is 23.8 Å². The SMILES string of the molecule is CC(=O)Nc1nnc(S(=O)(=O)Nc2ccc(C)cc2O)s1. The van der Waals surface area contributed by atoms with Crippen LogP contribution in [0.1, 0.15) is 12.5 Å². The van der Waals surface area contributed by atoms with Crippen molar-refractivity contribution in [3.63, 3.8) is 0 Å². The quantitative estimate of drug-likeness (QED) is 0.575. The van der Waals surface area contributed by atoms with E-state index in [1.54, 1.807) is 13.0 Å². The molecular weight excluding hydrogens is 316 g/mol. The summed E-state index contributed by atoms with van der Waals surface area (Å²) >= 11 is 0.710. The van der Waals surface area contributed by atoms with E-state index in [1.165, 1.54) is 19.1 Å². The molecule has 0 aliphatic heterocycles. The summed E-state index contributed by atoms with van der Waals surface area (Å²) in [7, 11) is -3.98. The van der Waals surface area contributed by atoms with E-state index in [2.05, 4.69) is 20.2 Å². The number of phenols is 1. The minimum absolute atomic E-state index is 0.0388. The third kappa shape index (κ3) is 3.67. The van der Waals surface area contributed by atoms with E-state index >= 15 is 0 Å². The van der Waals surface area contributed by atoms with Gasteiger partial charge in [0.05, 0.1) is 5.69 Å². The Morgan fingerprint density at radius 2 is 2.05 bits per heavy atom. The van der Waals surface area contributed by atoms with Crippen LogP contribution in [0.25, 0.3) is 0 Å². The topological polar surface area (TPSA) is 121 Å². The monoisotopic (exact) mass is 328 g/mol. The lowest BCUT2D eigenvalue weighted by Crippen LogP contribution is -2.12. The van der Waals surface area contributed by atoms with E-state index in [1.807, 2.05) is 0 Å². The van der Waals surface area contributed by atoms with Crippen LogP contribution in [0.15, 0.2) is 22.5 Å². The first-order chi connectivity index (χ1) is 9.78. The fourth-order valence-electron chi connectivity index (χ4n) is 1.44. The number of aryl methyl sites for hydroxylation is 1. The number of phenolic OH excluding ortho intramolecular Hbond substituents is 1. The molecule has 2 rings (SSSR count). The number of carbonyl (C=O) groups is 1. The van der Waals surface area contributed by atoms with Crippen molar-refractivity contribution in [2.45, 2.75) is 18.2 Å². The third-order valence-electron chi connectivity index (χ3n) is 2.32. The normalized spacial score (nSPS) is 11.1. The number of hydrogen-bond acceptors (Lipinski definition) is 7. The number of carbonyl (C=O) groups excluding carboxylic acids is 1. The molecule has 1 amide bonds. The molecule has 0 aliphatic rings. The highest BCUT2D eigenvalue weighted by atomic mass is 32.2. The number of nitrogens with zero attached hydrogens (tertiary/aromatic N) is 2. The Labute approximate surface area is 124 Å². The molecule has 112 valence electrons. The van der Waals surface area contributed by atoms with Gasteiger partial charge in [-0.15, -0.1) is 10.2 Å². The van der Waals surface area contributed by atoms with Crippen molar-refractivity contribution >= 4 is 38.1 Å². The number of benzene rings is 1. The second-order valence-corrected chi connectivity index (χ2v) is 7.01. The molecule has 8 nitrogen and oxygen atoms in total. The van der Waals surface area contributed by atoms with Crippen molar-refractivity contribution in [2.24, 2.45) is 0 Å². The molecule has 1 aromatic carbocycles. The van der Waals surface area contributed by atoms with Gasteiger partial charge in [0, 0.05) is 6.92 Å². The van der Waals surface area contributed by atoms with Gasteiger partial charge in [-0.25, -0.2) is 0 Å². The van der Waals surface area contributed by atoms with Crippen LogP contribution in [0.3, 0.4) is 0 Å². The van der Waals surface area contributed by atoms with Gasteiger partial charge in [0.15, 0.2) is 0 Å². The van der Waals surface area contributed by atoms with E-state index in [0.717, 1.165) is 5.56 Å². The molecule has 10 heteroatoms. The molecule has 0 bridgehead atoms. The zero-order valence-electron chi connectivity index (χ0n) is 11.1. The summed E-state index contributed by atoms with van der Waals surface area (Å²) in [5, 5.41) is 19.2. The highest BCUT2D eigenvalue weighted by Crippen LogP contribution is 2.28. The lowest BCUT2D eigenvalue weighted by Gasteiger charge is -2.07. The van der Waals surface area contributed by atoms with Crippen molar-refractivity contribution in [1.29, 1.82) is 0 Å². The van der Waals surface area contributed by atoms with Crippen molar-refractivity contribution in [1.82, 2.24) is 10.2 Å². The Morgan fingerprint density at radius 1 is 1.33 bits per heavy atom. The Balaban J connectivity index is 2.25. The molecule has 21 heavy (non-hydrogen) atoms. The average molecular weight is 328 g/mol. The lowest BCUT2D eigenvalue weighted by atomic mass is 10.2. The van der Waals surface area contributed by atoms with E-state index in [0.29, 0.717) is 11.3 Å². The molecule has 0 spiro atoms. The molecule has 1 aromatic heterocycles. The Kier molecular flexibility index (Phi) is 4.09. The molecule has 0 saturated carbocycles. The van der Waals surface area contributed by atoms with Crippen molar-refractivity contribution in [2.75, 3.05) is 10.0 Å². The van der Waals surface area contributed by atoms with Crippen LogP contribution in [-0.4, -0.2) is 29.6 Å². The third-order valence-corrected chi connectivity index (χ3v) is 4.89. The maximum atomic E-state index is 12.1. The highest BCUT2D eigenvalue weighted by Gasteiger charge is 2.21. The number of sulfonamides is 1. The number of aromatic nitrogens is 2. The van der Waals surface area contributed by atoms with Crippen LogP contribution in [0.4, 0.5) is 10.8 Å². The van der Waals surface area contributed by atoms with Crippen LogP contribution in [0, 0.1) is 6.92 Å². The minimum atomic E-state index is -3.98. The standard InChI is InChI=1S/C11H12N4O4S2/c1-6-3-4-8(9(17)5-6)15-21(18,19)11-14-13-10(20-11)12-7(2)16/h3-5,15,17H,1-2H3,(H,12,13,16). The second-order valence-electron chi connectivity index (χ2n) is 4.18. The van der Waals surface area contributed by atoms with Crippen molar-refractivity contribution < 1.29 is 18.3 Å².